The number of amides is 1. The molecule has 0 aliphatic heterocycles. The average Bonchev–Trinajstić information content (AvgIpc) is 2.66. The minimum atomic E-state index is -3.53. The van der Waals surface area contributed by atoms with Gasteiger partial charge in [0.25, 0.3) is 0 Å². The first-order valence-corrected chi connectivity index (χ1v) is 11.3. The highest BCUT2D eigenvalue weighted by atomic mass is 32.2. The number of rotatable bonds is 9. The summed E-state index contributed by atoms with van der Waals surface area (Å²) in [4.78, 5) is 11.8. The third kappa shape index (κ3) is 8.25. The third-order valence-corrected chi connectivity index (χ3v) is 5.56. The fourth-order valence-corrected chi connectivity index (χ4v) is 3.75. The van der Waals surface area contributed by atoms with Gasteiger partial charge in [0.15, 0.2) is 0 Å². The van der Waals surface area contributed by atoms with Gasteiger partial charge in [0, 0.05) is 13.1 Å². The molecule has 0 saturated carbocycles. The van der Waals surface area contributed by atoms with Crippen molar-refractivity contribution in [3.8, 4) is 11.1 Å². The normalized spacial score (nSPS) is 11.8. The van der Waals surface area contributed by atoms with Crippen LogP contribution in [0.5, 0.6) is 0 Å². The number of carbonyl (C=O) groups excluding carboxylic acids is 1. The van der Waals surface area contributed by atoms with E-state index in [2.05, 4.69) is 10.0 Å². The van der Waals surface area contributed by atoms with Crippen LogP contribution in [0.2, 0.25) is 0 Å². The second-order valence-electron chi connectivity index (χ2n) is 7.78. The molecule has 0 atom stereocenters. The van der Waals surface area contributed by atoms with Gasteiger partial charge in [0.2, 0.25) is 10.0 Å². The molecule has 0 aliphatic carbocycles. The highest BCUT2D eigenvalue weighted by molar-refractivity contribution is 7.89. The van der Waals surface area contributed by atoms with Gasteiger partial charge in [0.1, 0.15) is 5.60 Å². The maximum absolute atomic E-state index is 12.4. The van der Waals surface area contributed by atoms with Crippen LogP contribution in [-0.4, -0.2) is 33.2 Å². The molecule has 29 heavy (non-hydrogen) atoms. The zero-order valence-corrected chi connectivity index (χ0v) is 18.1. The van der Waals surface area contributed by atoms with E-state index >= 15 is 0 Å². The number of ether oxygens (including phenoxy) is 1. The molecular weight excluding hydrogens is 388 g/mol. The minimum absolute atomic E-state index is 0.253. The van der Waals surface area contributed by atoms with Crippen LogP contribution in [0, 0.1) is 0 Å². The summed E-state index contributed by atoms with van der Waals surface area (Å²) in [7, 11) is -3.53. The van der Waals surface area contributed by atoms with Crippen molar-refractivity contribution in [3.05, 3.63) is 54.6 Å². The summed E-state index contributed by atoms with van der Waals surface area (Å²) in [5.41, 5.74) is 1.51. The van der Waals surface area contributed by atoms with E-state index in [1.165, 1.54) is 0 Å². The number of hydrogen-bond acceptors (Lipinski definition) is 4. The maximum Gasteiger partial charge on any atom is 0.407 e. The van der Waals surface area contributed by atoms with Gasteiger partial charge in [-0.2, -0.15) is 0 Å². The topological polar surface area (TPSA) is 84.5 Å². The van der Waals surface area contributed by atoms with E-state index in [0.29, 0.717) is 19.5 Å². The van der Waals surface area contributed by atoms with Gasteiger partial charge in [-0.1, -0.05) is 48.9 Å². The molecule has 0 spiro atoms. The lowest BCUT2D eigenvalue weighted by molar-refractivity contribution is 0.0527. The lowest BCUT2D eigenvalue weighted by atomic mass is 10.1. The number of alkyl carbamates (subject to hydrolysis) is 1. The Morgan fingerprint density at radius 2 is 1.45 bits per heavy atom. The second-order valence-corrected chi connectivity index (χ2v) is 9.54. The van der Waals surface area contributed by atoms with Crippen molar-refractivity contribution in [2.75, 3.05) is 13.1 Å². The van der Waals surface area contributed by atoms with Crippen molar-refractivity contribution in [3.63, 3.8) is 0 Å². The van der Waals surface area contributed by atoms with E-state index < -0.39 is 21.7 Å². The average molecular weight is 419 g/mol. The van der Waals surface area contributed by atoms with Crippen molar-refractivity contribution in [1.82, 2.24) is 10.0 Å². The van der Waals surface area contributed by atoms with Gasteiger partial charge >= 0.3 is 6.09 Å². The van der Waals surface area contributed by atoms with Crippen molar-refractivity contribution in [1.29, 1.82) is 0 Å². The van der Waals surface area contributed by atoms with E-state index in [4.69, 9.17) is 4.74 Å². The molecule has 2 N–H and O–H groups in total. The van der Waals surface area contributed by atoms with Gasteiger partial charge in [-0.05, 0) is 56.9 Å². The van der Waals surface area contributed by atoms with Crippen molar-refractivity contribution < 1.29 is 17.9 Å². The van der Waals surface area contributed by atoms with E-state index in [1.54, 1.807) is 12.1 Å². The molecule has 0 heterocycles. The zero-order valence-electron chi connectivity index (χ0n) is 17.3. The minimum Gasteiger partial charge on any atom is -0.444 e. The monoisotopic (exact) mass is 418 g/mol. The van der Waals surface area contributed by atoms with Crippen LogP contribution in [0.4, 0.5) is 4.79 Å². The van der Waals surface area contributed by atoms with Gasteiger partial charge in [-0.15, -0.1) is 0 Å². The van der Waals surface area contributed by atoms with Gasteiger partial charge in [-0.25, -0.2) is 17.9 Å². The molecule has 2 aromatic rings. The summed E-state index contributed by atoms with van der Waals surface area (Å²) in [6, 6.07) is 16.7. The lowest BCUT2D eigenvalue weighted by Crippen LogP contribution is -2.33. The molecule has 158 valence electrons. The summed E-state index contributed by atoms with van der Waals surface area (Å²) in [5.74, 6) is 0. The SMILES string of the molecule is CC(C)(C)OC(=O)NCCCCCNS(=O)(=O)c1ccc(-c2ccccc2)cc1. The molecule has 0 aliphatic rings. The predicted molar refractivity (Wildman–Crippen MR) is 115 cm³/mol. The summed E-state index contributed by atoms with van der Waals surface area (Å²) >= 11 is 0. The first kappa shape index (κ1) is 22.9. The van der Waals surface area contributed by atoms with Crippen LogP contribution < -0.4 is 10.0 Å². The van der Waals surface area contributed by atoms with Crippen molar-refractivity contribution in [2.24, 2.45) is 0 Å². The van der Waals surface area contributed by atoms with Gasteiger partial charge < -0.3 is 10.1 Å². The van der Waals surface area contributed by atoms with E-state index in [9.17, 15) is 13.2 Å². The Kier molecular flexibility index (Phi) is 8.22. The number of nitrogens with one attached hydrogen (secondary N) is 2. The van der Waals surface area contributed by atoms with Crippen LogP contribution in [0.25, 0.3) is 11.1 Å². The van der Waals surface area contributed by atoms with Crippen molar-refractivity contribution in [2.45, 2.75) is 50.5 Å². The molecule has 1 amide bonds. The number of benzene rings is 2. The standard InChI is InChI=1S/C22H30N2O4S/c1-22(2,3)28-21(25)23-16-8-5-9-17-24-29(26,27)20-14-12-19(13-15-20)18-10-6-4-7-11-18/h4,6-7,10-15,24H,5,8-9,16-17H2,1-3H3,(H,23,25). The van der Waals surface area contributed by atoms with E-state index in [0.717, 1.165) is 24.0 Å². The molecule has 6 nitrogen and oxygen atoms in total. The number of carbonyl (C=O) groups is 1. The molecule has 2 rings (SSSR count). The Morgan fingerprint density at radius 3 is 2.07 bits per heavy atom. The summed E-state index contributed by atoms with van der Waals surface area (Å²) in [6.07, 6.45) is 1.81. The Balaban J connectivity index is 1.70. The van der Waals surface area contributed by atoms with Gasteiger partial charge in [-0.3, -0.25) is 0 Å². The molecule has 2 aromatic carbocycles. The van der Waals surface area contributed by atoms with Crippen LogP contribution >= 0.6 is 0 Å². The number of sulfonamides is 1. The molecule has 0 unspecified atom stereocenters. The Hall–Kier alpha value is -2.38. The molecule has 7 heteroatoms. The third-order valence-electron chi connectivity index (χ3n) is 4.09. The number of unbranched alkanes of at least 4 members (excludes halogenated alkanes) is 2. The molecular formula is C22H30N2O4S. The van der Waals surface area contributed by atoms with E-state index in [1.807, 2.05) is 63.2 Å². The predicted octanol–water partition coefficient (Wildman–Crippen LogP) is 4.33. The fourth-order valence-electron chi connectivity index (χ4n) is 2.68. The fraction of sp³-hybridized carbons (Fsp3) is 0.409. The van der Waals surface area contributed by atoms with Crippen LogP contribution in [0.1, 0.15) is 40.0 Å². The lowest BCUT2D eigenvalue weighted by Gasteiger charge is -2.19. The molecule has 0 fully saturated rings. The van der Waals surface area contributed by atoms with Crippen LogP contribution in [-0.2, 0) is 14.8 Å². The van der Waals surface area contributed by atoms with Crippen LogP contribution in [0.3, 0.4) is 0 Å². The Bertz CT molecular complexity index is 873. The molecule has 0 saturated heterocycles. The first-order chi connectivity index (χ1) is 13.7. The van der Waals surface area contributed by atoms with Crippen molar-refractivity contribution >= 4 is 16.1 Å². The Morgan fingerprint density at radius 1 is 0.862 bits per heavy atom. The summed E-state index contributed by atoms with van der Waals surface area (Å²) < 4.78 is 32.6. The largest absolute Gasteiger partial charge is 0.444 e. The quantitative estimate of drug-likeness (QED) is 0.594. The molecule has 0 bridgehead atoms. The highest BCUT2D eigenvalue weighted by Crippen LogP contribution is 2.20. The number of hydrogen-bond donors (Lipinski definition) is 2. The zero-order chi connectivity index (χ0) is 21.3. The summed E-state index contributed by atoms with van der Waals surface area (Å²) in [6.45, 7) is 6.30. The Labute approximate surface area is 173 Å². The van der Waals surface area contributed by atoms with E-state index in [-0.39, 0.29) is 4.90 Å². The maximum atomic E-state index is 12.4. The highest BCUT2D eigenvalue weighted by Gasteiger charge is 2.15. The van der Waals surface area contributed by atoms with Crippen LogP contribution in [0.15, 0.2) is 59.5 Å². The molecule has 0 aromatic heterocycles. The second kappa shape index (κ2) is 10.4. The summed E-state index contributed by atoms with van der Waals surface area (Å²) in [5, 5.41) is 2.69. The first-order valence-electron chi connectivity index (χ1n) is 9.79. The smallest absolute Gasteiger partial charge is 0.407 e. The molecule has 0 radical (unpaired) electrons. The van der Waals surface area contributed by atoms with Gasteiger partial charge in [0.05, 0.1) is 4.90 Å².